The zero-order valence-corrected chi connectivity index (χ0v) is 18.0. The van der Waals surface area contributed by atoms with E-state index in [0.29, 0.717) is 17.8 Å². The number of thiocarbonyl (C=S) groups is 1. The van der Waals surface area contributed by atoms with Gasteiger partial charge in [-0.1, -0.05) is 48.5 Å². The summed E-state index contributed by atoms with van der Waals surface area (Å²) in [6.45, 7) is 0.460. The molecule has 0 fully saturated rings. The van der Waals surface area contributed by atoms with Gasteiger partial charge in [0, 0.05) is 30.9 Å². The molecule has 0 aliphatic rings. The number of hydrogen-bond donors (Lipinski definition) is 2. The summed E-state index contributed by atoms with van der Waals surface area (Å²) in [7, 11) is 1.72. The van der Waals surface area contributed by atoms with Crippen molar-refractivity contribution in [3.63, 3.8) is 0 Å². The number of hydrogen-bond acceptors (Lipinski definition) is 5. The number of para-hydroxylation sites is 1. The molecule has 0 atom stereocenters. The van der Waals surface area contributed by atoms with Crippen LogP contribution in [0, 0.1) is 10.1 Å². The molecule has 2 N–H and O–H groups in total. The molecule has 0 aliphatic heterocycles. The van der Waals surface area contributed by atoms with Crippen LogP contribution in [0.1, 0.15) is 26.3 Å². The molecular weight excluding hydrogens is 428 g/mol. The fraction of sp³-hybridized carbons (Fsp3) is 0.0870. The van der Waals surface area contributed by atoms with E-state index in [0.717, 1.165) is 5.56 Å². The Bertz CT molecular complexity index is 1170. The van der Waals surface area contributed by atoms with Gasteiger partial charge in [0.1, 0.15) is 5.56 Å². The zero-order valence-electron chi connectivity index (χ0n) is 17.1. The first-order valence-corrected chi connectivity index (χ1v) is 10.0. The highest BCUT2D eigenvalue weighted by molar-refractivity contribution is 7.80. The molecule has 0 saturated heterocycles. The van der Waals surface area contributed by atoms with Crippen molar-refractivity contribution in [2.45, 2.75) is 6.54 Å². The van der Waals surface area contributed by atoms with Gasteiger partial charge < -0.3 is 10.2 Å². The van der Waals surface area contributed by atoms with Gasteiger partial charge in [0.05, 0.1) is 4.92 Å². The quantitative estimate of drug-likeness (QED) is 0.336. The molecule has 0 aliphatic carbocycles. The van der Waals surface area contributed by atoms with Gasteiger partial charge in [0.25, 0.3) is 17.5 Å². The fourth-order valence-corrected chi connectivity index (χ4v) is 3.25. The molecule has 3 rings (SSSR count). The summed E-state index contributed by atoms with van der Waals surface area (Å²) in [5, 5.41) is 16.3. The molecule has 0 spiro atoms. The number of nitrogens with zero attached hydrogens (tertiary/aromatic N) is 2. The highest BCUT2D eigenvalue weighted by atomic mass is 32.1. The highest BCUT2D eigenvalue weighted by Gasteiger charge is 2.20. The van der Waals surface area contributed by atoms with E-state index >= 15 is 0 Å². The molecular formula is C23H20N4O4S. The number of nitrogens with one attached hydrogen (secondary N) is 2. The highest BCUT2D eigenvalue weighted by Crippen LogP contribution is 2.18. The summed E-state index contributed by atoms with van der Waals surface area (Å²) >= 11 is 5.16. The first-order chi connectivity index (χ1) is 15.3. The molecule has 0 unspecified atom stereocenters. The van der Waals surface area contributed by atoms with Crippen LogP contribution in [0.5, 0.6) is 0 Å². The second-order valence-corrected chi connectivity index (χ2v) is 7.32. The van der Waals surface area contributed by atoms with Gasteiger partial charge in [-0.25, -0.2) is 0 Å². The Balaban J connectivity index is 1.65. The van der Waals surface area contributed by atoms with E-state index in [-0.39, 0.29) is 22.3 Å². The van der Waals surface area contributed by atoms with Gasteiger partial charge >= 0.3 is 0 Å². The second-order valence-electron chi connectivity index (χ2n) is 6.91. The van der Waals surface area contributed by atoms with Crippen molar-refractivity contribution in [1.82, 2.24) is 10.2 Å². The normalized spacial score (nSPS) is 10.2. The number of nitro benzene ring substituents is 1. The number of benzene rings is 3. The maximum Gasteiger partial charge on any atom is 0.282 e. The Morgan fingerprint density at radius 3 is 2.41 bits per heavy atom. The van der Waals surface area contributed by atoms with Crippen LogP contribution in [0.15, 0.2) is 78.9 Å². The number of carbonyl (C=O) groups is 2. The molecule has 9 heteroatoms. The fourth-order valence-electron chi connectivity index (χ4n) is 3.04. The summed E-state index contributed by atoms with van der Waals surface area (Å²) in [4.78, 5) is 37.3. The minimum Gasteiger partial charge on any atom is -0.337 e. The smallest absolute Gasteiger partial charge is 0.282 e. The van der Waals surface area contributed by atoms with Crippen LogP contribution >= 0.6 is 12.2 Å². The van der Waals surface area contributed by atoms with Crippen LogP contribution in [-0.4, -0.2) is 33.8 Å². The molecule has 3 aromatic rings. The standard InChI is InChI=1S/C23H20N4O4S/c1-26(15-16-8-3-2-4-9-16)22(29)17-10-7-11-18(14-17)24-23(32)25-21(28)19-12-5-6-13-20(19)27(30)31/h2-14H,15H2,1H3,(H2,24,25,28,32). The van der Waals surface area contributed by atoms with Crippen molar-refractivity contribution >= 4 is 40.5 Å². The van der Waals surface area contributed by atoms with Gasteiger partial charge in [0.2, 0.25) is 0 Å². The van der Waals surface area contributed by atoms with E-state index in [4.69, 9.17) is 12.2 Å². The number of rotatable bonds is 6. The molecule has 162 valence electrons. The van der Waals surface area contributed by atoms with Crippen LogP contribution in [-0.2, 0) is 6.54 Å². The van der Waals surface area contributed by atoms with Crippen LogP contribution in [0.25, 0.3) is 0 Å². The van der Waals surface area contributed by atoms with Crippen molar-refractivity contribution in [2.24, 2.45) is 0 Å². The van der Waals surface area contributed by atoms with Gasteiger partial charge in [-0.05, 0) is 42.0 Å². The number of anilines is 1. The molecule has 0 bridgehead atoms. The third-order valence-electron chi connectivity index (χ3n) is 4.55. The lowest BCUT2D eigenvalue weighted by atomic mass is 10.1. The minimum absolute atomic E-state index is 0.0459. The SMILES string of the molecule is CN(Cc1ccccc1)C(=O)c1cccc(NC(=S)NC(=O)c2ccccc2[N+](=O)[O-])c1. The van der Waals surface area contributed by atoms with Crippen LogP contribution in [0.4, 0.5) is 11.4 Å². The third-order valence-corrected chi connectivity index (χ3v) is 4.75. The maximum atomic E-state index is 12.8. The molecule has 0 radical (unpaired) electrons. The number of nitro groups is 1. The predicted octanol–water partition coefficient (Wildman–Crippen LogP) is 3.99. The Morgan fingerprint density at radius 2 is 1.69 bits per heavy atom. The van der Waals surface area contributed by atoms with E-state index in [1.54, 1.807) is 36.2 Å². The molecule has 2 amide bonds. The van der Waals surface area contributed by atoms with Crippen LogP contribution < -0.4 is 10.6 Å². The van der Waals surface area contributed by atoms with E-state index in [1.165, 1.54) is 24.3 Å². The monoisotopic (exact) mass is 448 g/mol. The van der Waals surface area contributed by atoms with Crippen molar-refractivity contribution in [2.75, 3.05) is 12.4 Å². The Morgan fingerprint density at radius 1 is 1.00 bits per heavy atom. The van der Waals surface area contributed by atoms with E-state index in [9.17, 15) is 19.7 Å². The average molecular weight is 449 g/mol. The topological polar surface area (TPSA) is 105 Å². The molecule has 0 heterocycles. The number of amides is 2. The zero-order chi connectivity index (χ0) is 23.1. The van der Waals surface area contributed by atoms with Gasteiger partial charge in [0.15, 0.2) is 5.11 Å². The summed E-state index contributed by atoms with van der Waals surface area (Å²) in [6.07, 6.45) is 0. The molecule has 32 heavy (non-hydrogen) atoms. The predicted molar refractivity (Wildman–Crippen MR) is 125 cm³/mol. The Hall–Kier alpha value is -4.11. The summed E-state index contributed by atoms with van der Waals surface area (Å²) in [5.74, 6) is -0.878. The average Bonchev–Trinajstić information content (AvgIpc) is 2.79. The Labute approximate surface area is 190 Å². The second kappa shape index (κ2) is 10.3. The number of carbonyl (C=O) groups excluding carboxylic acids is 2. The summed E-state index contributed by atoms with van der Waals surface area (Å²) in [5.41, 5.74) is 1.53. The van der Waals surface area contributed by atoms with Crippen LogP contribution in [0.3, 0.4) is 0 Å². The van der Waals surface area contributed by atoms with Crippen molar-refractivity contribution < 1.29 is 14.5 Å². The van der Waals surface area contributed by atoms with Crippen molar-refractivity contribution in [1.29, 1.82) is 0 Å². The maximum absolute atomic E-state index is 12.8. The van der Waals surface area contributed by atoms with Gasteiger partial charge in [-0.15, -0.1) is 0 Å². The third kappa shape index (κ3) is 5.73. The lowest BCUT2D eigenvalue weighted by molar-refractivity contribution is -0.385. The van der Waals surface area contributed by atoms with Crippen LogP contribution in [0.2, 0.25) is 0 Å². The first-order valence-electron chi connectivity index (χ1n) is 9.60. The van der Waals surface area contributed by atoms with E-state index in [1.807, 2.05) is 30.3 Å². The molecule has 0 saturated carbocycles. The summed E-state index contributed by atoms with van der Waals surface area (Å²) < 4.78 is 0. The minimum atomic E-state index is -0.704. The largest absolute Gasteiger partial charge is 0.337 e. The lowest BCUT2D eigenvalue weighted by Crippen LogP contribution is -2.34. The lowest BCUT2D eigenvalue weighted by Gasteiger charge is -2.18. The first kappa shape index (κ1) is 22.6. The Kier molecular flexibility index (Phi) is 7.25. The van der Waals surface area contributed by atoms with Gasteiger partial charge in [-0.3, -0.25) is 25.0 Å². The van der Waals surface area contributed by atoms with E-state index < -0.39 is 10.8 Å². The van der Waals surface area contributed by atoms with E-state index in [2.05, 4.69) is 10.6 Å². The molecule has 8 nitrogen and oxygen atoms in total. The molecule has 0 aromatic heterocycles. The van der Waals surface area contributed by atoms with Crippen molar-refractivity contribution in [3.05, 3.63) is 106 Å². The summed E-state index contributed by atoms with van der Waals surface area (Å²) in [6, 6.07) is 21.9. The van der Waals surface area contributed by atoms with Gasteiger partial charge in [-0.2, -0.15) is 0 Å². The molecule has 3 aromatic carbocycles. The van der Waals surface area contributed by atoms with Crippen molar-refractivity contribution in [3.8, 4) is 0 Å².